The summed E-state index contributed by atoms with van der Waals surface area (Å²) in [5.74, 6) is 0.774. The van der Waals surface area contributed by atoms with Crippen molar-refractivity contribution < 1.29 is 4.79 Å². The van der Waals surface area contributed by atoms with Crippen molar-refractivity contribution in [1.29, 1.82) is 0 Å². The molecule has 4 rings (SSSR count). The van der Waals surface area contributed by atoms with Gasteiger partial charge in [0.15, 0.2) is 0 Å². The van der Waals surface area contributed by atoms with Crippen LogP contribution in [-0.4, -0.2) is 34.1 Å². The number of carbonyl (C=O) groups excluding carboxylic acids is 1. The highest BCUT2D eigenvalue weighted by atomic mass is 16.2. The Bertz CT molecular complexity index is 680. The van der Waals surface area contributed by atoms with E-state index in [4.69, 9.17) is 0 Å². The van der Waals surface area contributed by atoms with Crippen molar-refractivity contribution in [3.05, 3.63) is 53.3 Å². The molecule has 0 saturated carbocycles. The van der Waals surface area contributed by atoms with Crippen LogP contribution < -0.4 is 0 Å². The van der Waals surface area contributed by atoms with Crippen LogP contribution in [0, 0.1) is 0 Å². The van der Waals surface area contributed by atoms with Crippen molar-refractivity contribution in [2.24, 2.45) is 0 Å². The van der Waals surface area contributed by atoms with Crippen LogP contribution in [0.2, 0.25) is 0 Å². The number of nitrogens with one attached hydrogen (secondary N) is 1. The van der Waals surface area contributed by atoms with Crippen molar-refractivity contribution in [1.82, 2.24) is 15.1 Å². The van der Waals surface area contributed by atoms with Crippen molar-refractivity contribution in [3.63, 3.8) is 0 Å². The number of hydrogen-bond acceptors (Lipinski definition) is 2. The summed E-state index contributed by atoms with van der Waals surface area (Å²) in [4.78, 5) is 15.2. The lowest BCUT2D eigenvalue weighted by atomic mass is 9.81. The van der Waals surface area contributed by atoms with E-state index in [1.54, 1.807) is 6.20 Å². The minimum absolute atomic E-state index is 0.0560. The number of amides is 1. The smallest absolute Gasteiger partial charge is 0.230 e. The summed E-state index contributed by atoms with van der Waals surface area (Å²) in [7, 11) is 0. The molecule has 1 fully saturated rings. The number of piperidine rings is 1. The Labute approximate surface area is 136 Å². The van der Waals surface area contributed by atoms with Crippen LogP contribution in [-0.2, 0) is 11.2 Å². The molecule has 0 bridgehead atoms. The first-order valence-corrected chi connectivity index (χ1v) is 8.69. The van der Waals surface area contributed by atoms with Gasteiger partial charge in [-0.2, -0.15) is 5.10 Å². The molecule has 0 spiro atoms. The van der Waals surface area contributed by atoms with Gasteiger partial charge in [0.05, 0.1) is 5.92 Å². The zero-order valence-electron chi connectivity index (χ0n) is 13.4. The largest absolute Gasteiger partial charge is 0.342 e. The van der Waals surface area contributed by atoms with Crippen molar-refractivity contribution in [2.75, 3.05) is 13.1 Å². The highest BCUT2D eigenvalue weighted by Crippen LogP contribution is 2.35. The van der Waals surface area contributed by atoms with E-state index in [2.05, 4.69) is 39.4 Å². The summed E-state index contributed by atoms with van der Waals surface area (Å²) < 4.78 is 0. The molecule has 23 heavy (non-hydrogen) atoms. The lowest BCUT2D eigenvalue weighted by Crippen LogP contribution is -2.42. The van der Waals surface area contributed by atoms with Gasteiger partial charge in [-0.15, -0.1) is 0 Å². The van der Waals surface area contributed by atoms with Gasteiger partial charge in [0.25, 0.3) is 0 Å². The second-order valence-corrected chi connectivity index (χ2v) is 6.78. The molecule has 0 radical (unpaired) electrons. The molecule has 1 saturated heterocycles. The summed E-state index contributed by atoms with van der Waals surface area (Å²) in [6.07, 6.45) is 7.22. The average molecular weight is 309 g/mol. The van der Waals surface area contributed by atoms with Crippen molar-refractivity contribution >= 4 is 5.91 Å². The van der Waals surface area contributed by atoms with Crippen molar-refractivity contribution in [3.8, 4) is 0 Å². The molecule has 1 amide bonds. The van der Waals surface area contributed by atoms with E-state index in [1.165, 1.54) is 11.1 Å². The molecule has 1 aromatic heterocycles. The average Bonchev–Trinajstić information content (AvgIpc) is 3.15. The fourth-order valence-corrected chi connectivity index (χ4v) is 4.16. The van der Waals surface area contributed by atoms with E-state index in [0.717, 1.165) is 50.9 Å². The molecule has 4 heteroatoms. The maximum Gasteiger partial charge on any atom is 0.230 e. The molecule has 1 aliphatic heterocycles. The molecule has 2 aliphatic rings. The fourth-order valence-electron chi connectivity index (χ4n) is 4.16. The van der Waals surface area contributed by atoms with Gasteiger partial charge in [-0.25, -0.2) is 0 Å². The van der Waals surface area contributed by atoms with Gasteiger partial charge in [-0.05, 0) is 49.3 Å². The Kier molecular flexibility index (Phi) is 3.90. The summed E-state index contributed by atoms with van der Waals surface area (Å²) >= 11 is 0. The Morgan fingerprint density at radius 3 is 2.96 bits per heavy atom. The second kappa shape index (κ2) is 6.19. The van der Waals surface area contributed by atoms with Gasteiger partial charge in [0, 0.05) is 30.9 Å². The summed E-state index contributed by atoms with van der Waals surface area (Å²) in [5, 5.41) is 7.13. The predicted octanol–water partition coefficient (Wildman–Crippen LogP) is 3.24. The summed E-state index contributed by atoms with van der Waals surface area (Å²) in [5.41, 5.74) is 3.78. The number of benzene rings is 1. The Morgan fingerprint density at radius 2 is 2.09 bits per heavy atom. The number of H-pyrrole nitrogens is 1. The van der Waals surface area contributed by atoms with Gasteiger partial charge in [0.1, 0.15) is 0 Å². The molecule has 2 atom stereocenters. The molecule has 2 heterocycles. The number of hydrogen-bond donors (Lipinski definition) is 1. The highest BCUT2D eigenvalue weighted by molar-refractivity contribution is 5.84. The molecule has 1 N–H and O–H groups in total. The summed E-state index contributed by atoms with van der Waals surface area (Å²) in [6.45, 7) is 1.71. The monoisotopic (exact) mass is 309 g/mol. The Balaban J connectivity index is 1.53. The molecular formula is C19H23N3O. The number of aromatic nitrogens is 2. The lowest BCUT2D eigenvalue weighted by molar-refractivity contribution is -0.134. The van der Waals surface area contributed by atoms with E-state index >= 15 is 0 Å². The molecule has 2 unspecified atom stereocenters. The maximum absolute atomic E-state index is 13.1. The third-order valence-corrected chi connectivity index (χ3v) is 5.36. The molecule has 4 nitrogen and oxygen atoms in total. The van der Waals surface area contributed by atoms with Gasteiger partial charge >= 0.3 is 0 Å². The van der Waals surface area contributed by atoms with E-state index in [9.17, 15) is 4.79 Å². The van der Waals surface area contributed by atoms with Gasteiger partial charge in [-0.1, -0.05) is 24.3 Å². The molecule has 1 aliphatic carbocycles. The number of aryl methyl sites for hydroxylation is 1. The number of nitrogens with zero attached hydrogens (tertiary/aromatic N) is 2. The predicted molar refractivity (Wildman–Crippen MR) is 89.3 cm³/mol. The van der Waals surface area contributed by atoms with Crippen LogP contribution in [0.15, 0.2) is 36.5 Å². The van der Waals surface area contributed by atoms with E-state index in [-0.39, 0.29) is 5.92 Å². The highest BCUT2D eigenvalue weighted by Gasteiger charge is 2.32. The first kappa shape index (κ1) is 14.5. The third-order valence-electron chi connectivity index (χ3n) is 5.36. The number of fused-ring (bicyclic) bond motifs is 1. The van der Waals surface area contributed by atoms with Crippen LogP contribution in [0.5, 0.6) is 0 Å². The maximum atomic E-state index is 13.1. The SMILES string of the molecule is O=C(C1CCCc2ccccc21)N1CCCC(c2ccn[nH]2)C1. The number of likely N-dealkylation sites (tertiary alicyclic amines) is 1. The second-order valence-electron chi connectivity index (χ2n) is 6.78. The minimum Gasteiger partial charge on any atom is -0.342 e. The Hall–Kier alpha value is -2.10. The zero-order valence-corrected chi connectivity index (χ0v) is 13.4. The number of rotatable bonds is 2. The molecule has 2 aromatic rings. The van der Waals surface area contributed by atoms with Crippen LogP contribution in [0.1, 0.15) is 54.3 Å². The number of aromatic amines is 1. The van der Waals surface area contributed by atoms with Crippen LogP contribution >= 0.6 is 0 Å². The van der Waals surface area contributed by atoms with Gasteiger partial charge in [-0.3, -0.25) is 9.89 Å². The number of carbonyl (C=O) groups is 1. The van der Waals surface area contributed by atoms with Gasteiger partial charge < -0.3 is 4.90 Å². The van der Waals surface area contributed by atoms with E-state index in [1.807, 2.05) is 6.07 Å². The van der Waals surface area contributed by atoms with Crippen LogP contribution in [0.4, 0.5) is 0 Å². The van der Waals surface area contributed by atoms with Crippen molar-refractivity contribution in [2.45, 2.75) is 43.9 Å². The first-order valence-electron chi connectivity index (χ1n) is 8.69. The normalized spacial score (nSPS) is 24.3. The van der Waals surface area contributed by atoms with Crippen LogP contribution in [0.25, 0.3) is 0 Å². The topological polar surface area (TPSA) is 49.0 Å². The zero-order chi connectivity index (χ0) is 15.6. The van der Waals surface area contributed by atoms with E-state index in [0.29, 0.717) is 11.8 Å². The van der Waals surface area contributed by atoms with E-state index < -0.39 is 0 Å². The molecule has 120 valence electrons. The molecule has 1 aromatic carbocycles. The Morgan fingerprint density at radius 1 is 1.17 bits per heavy atom. The van der Waals surface area contributed by atoms with Crippen LogP contribution in [0.3, 0.4) is 0 Å². The first-order chi connectivity index (χ1) is 11.3. The van der Waals surface area contributed by atoms with Gasteiger partial charge in [0.2, 0.25) is 5.91 Å². The fraction of sp³-hybridized carbons (Fsp3) is 0.474. The quantitative estimate of drug-likeness (QED) is 0.926. The lowest BCUT2D eigenvalue weighted by Gasteiger charge is -2.36. The standard InChI is InChI=1S/C19H23N3O/c23-19(17-9-3-6-14-5-1-2-8-16(14)17)22-12-4-7-15(13-22)18-10-11-20-21-18/h1-2,5,8,10-11,15,17H,3-4,6-7,9,12-13H2,(H,20,21). The third kappa shape index (κ3) is 2.78. The minimum atomic E-state index is 0.0560. The molecular weight excluding hydrogens is 286 g/mol. The summed E-state index contributed by atoms with van der Waals surface area (Å²) in [6, 6.07) is 10.5.